The van der Waals surface area contributed by atoms with Gasteiger partial charge in [-0.15, -0.1) is 0 Å². The molecule has 0 aliphatic carbocycles. The molecular weight excluding hydrogens is 218 g/mol. The number of hydrogen-bond donors (Lipinski definition) is 1. The largest absolute Gasteiger partial charge is 0.379 e. The van der Waals surface area contributed by atoms with Crippen molar-refractivity contribution < 1.29 is 4.74 Å². The van der Waals surface area contributed by atoms with E-state index in [1.165, 1.54) is 12.2 Å². The average molecular weight is 247 g/mol. The summed E-state index contributed by atoms with van der Waals surface area (Å²) in [5, 5.41) is 4.28. The molecule has 0 aliphatic heterocycles. The van der Waals surface area contributed by atoms with Crippen molar-refractivity contribution in [2.75, 3.05) is 19.4 Å². The van der Waals surface area contributed by atoms with E-state index in [4.69, 9.17) is 4.74 Å². The number of hydrogen-bond acceptors (Lipinski definition) is 3. The second kappa shape index (κ2) is 8.37. The number of thioether (sulfide) groups is 1. The molecule has 3 heteroatoms. The molecule has 0 saturated heterocycles. The lowest BCUT2D eigenvalue weighted by Gasteiger charge is -2.26. The SMILES string of the molecule is CCNC(CCC(C)(C)OC)CSC(C)C. The summed E-state index contributed by atoms with van der Waals surface area (Å²) in [6.07, 6.45) is 2.30. The van der Waals surface area contributed by atoms with Gasteiger partial charge in [-0.25, -0.2) is 0 Å². The van der Waals surface area contributed by atoms with Crippen molar-refractivity contribution in [3.05, 3.63) is 0 Å². The van der Waals surface area contributed by atoms with Crippen molar-refractivity contribution in [2.24, 2.45) is 0 Å². The first-order valence-corrected chi connectivity index (χ1v) is 7.36. The number of nitrogens with one attached hydrogen (secondary N) is 1. The van der Waals surface area contributed by atoms with Crippen molar-refractivity contribution in [3.8, 4) is 0 Å². The lowest BCUT2D eigenvalue weighted by atomic mass is 9.99. The maximum atomic E-state index is 5.46. The van der Waals surface area contributed by atoms with Crippen LogP contribution in [0.15, 0.2) is 0 Å². The molecule has 1 atom stereocenters. The van der Waals surface area contributed by atoms with Crippen LogP contribution in [0.2, 0.25) is 0 Å². The number of methoxy groups -OCH3 is 1. The van der Waals surface area contributed by atoms with Gasteiger partial charge in [0, 0.05) is 18.9 Å². The van der Waals surface area contributed by atoms with Crippen molar-refractivity contribution in [1.29, 1.82) is 0 Å². The van der Waals surface area contributed by atoms with E-state index >= 15 is 0 Å². The Balaban J connectivity index is 3.93. The van der Waals surface area contributed by atoms with Gasteiger partial charge in [-0.3, -0.25) is 0 Å². The minimum atomic E-state index is 0.0101. The molecule has 0 aliphatic rings. The highest BCUT2D eigenvalue weighted by Gasteiger charge is 2.19. The highest BCUT2D eigenvalue weighted by atomic mass is 32.2. The van der Waals surface area contributed by atoms with Gasteiger partial charge in [0.15, 0.2) is 0 Å². The Hall–Kier alpha value is 0.270. The summed E-state index contributed by atoms with van der Waals surface area (Å²) < 4.78 is 5.46. The minimum absolute atomic E-state index is 0.0101. The van der Waals surface area contributed by atoms with Gasteiger partial charge in [-0.2, -0.15) is 11.8 Å². The predicted octanol–water partition coefficient (Wildman–Crippen LogP) is 3.31. The predicted molar refractivity (Wildman–Crippen MR) is 75.4 cm³/mol. The van der Waals surface area contributed by atoms with Crippen LogP contribution >= 0.6 is 11.8 Å². The zero-order valence-corrected chi connectivity index (χ0v) is 12.6. The van der Waals surface area contributed by atoms with E-state index in [0.717, 1.165) is 18.2 Å². The third-order valence-electron chi connectivity index (χ3n) is 2.77. The minimum Gasteiger partial charge on any atom is -0.379 e. The Morgan fingerprint density at radius 1 is 1.31 bits per heavy atom. The molecule has 0 rings (SSSR count). The Morgan fingerprint density at radius 3 is 2.38 bits per heavy atom. The second-order valence-corrected chi connectivity index (χ2v) is 6.75. The summed E-state index contributed by atoms with van der Waals surface area (Å²) in [6, 6.07) is 0.617. The molecule has 2 nitrogen and oxygen atoms in total. The van der Waals surface area contributed by atoms with Gasteiger partial charge >= 0.3 is 0 Å². The second-order valence-electron chi connectivity index (χ2n) is 5.14. The Kier molecular flexibility index (Phi) is 8.52. The topological polar surface area (TPSA) is 21.3 Å². The Bertz CT molecular complexity index is 171. The summed E-state index contributed by atoms with van der Waals surface area (Å²) in [5.41, 5.74) is 0.0101. The normalized spacial score (nSPS) is 14.4. The monoisotopic (exact) mass is 247 g/mol. The highest BCUT2D eigenvalue weighted by Crippen LogP contribution is 2.19. The van der Waals surface area contributed by atoms with E-state index in [2.05, 4.69) is 39.9 Å². The Morgan fingerprint density at radius 2 is 1.94 bits per heavy atom. The van der Waals surface area contributed by atoms with Crippen LogP contribution in [0.25, 0.3) is 0 Å². The van der Waals surface area contributed by atoms with Gasteiger partial charge in [0.05, 0.1) is 5.60 Å². The molecule has 1 N–H and O–H groups in total. The van der Waals surface area contributed by atoms with Crippen LogP contribution in [0.3, 0.4) is 0 Å². The van der Waals surface area contributed by atoms with Crippen LogP contribution in [-0.4, -0.2) is 36.3 Å². The van der Waals surface area contributed by atoms with Gasteiger partial charge in [-0.05, 0) is 38.5 Å². The van der Waals surface area contributed by atoms with Gasteiger partial charge in [-0.1, -0.05) is 20.8 Å². The fourth-order valence-electron chi connectivity index (χ4n) is 1.47. The molecule has 98 valence electrons. The van der Waals surface area contributed by atoms with E-state index in [-0.39, 0.29) is 5.60 Å². The average Bonchev–Trinajstić information content (AvgIpc) is 2.22. The van der Waals surface area contributed by atoms with Gasteiger partial charge < -0.3 is 10.1 Å². The lowest BCUT2D eigenvalue weighted by Crippen LogP contribution is -2.34. The summed E-state index contributed by atoms with van der Waals surface area (Å²) in [6.45, 7) is 12.1. The van der Waals surface area contributed by atoms with Crippen LogP contribution in [0.4, 0.5) is 0 Å². The van der Waals surface area contributed by atoms with Crippen LogP contribution in [0.5, 0.6) is 0 Å². The maximum Gasteiger partial charge on any atom is 0.0623 e. The van der Waals surface area contributed by atoms with E-state index in [1.807, 2.05) is 11.8 Å². The van der Waals surface area contributed by atoms with E-state index < -0.39 is 0 Å². The molecule has 0 spiro atoms. The van der Waals surface area contributed by atoms with Crippen LogP contribution in [-0.2, 0) is 4.74 Å². The first kappa shape index (κ1) is 16.3. The van der Waals surface area contributed by atoms with Crippen molar-refractivity contribution in [2.45, 2.75) is 64.4 Å². The van der Waals surface area contributed by atoms with Gasteiger partial charge in [0.1, 0.15) is 0 Å². The van der Waals surface area contributed by atoms with Crippen LogP contribution in [0.1, 0.15) is 47.5 Å². The summed E-state index contributed by atoms with van der Waals surface area (Å²) in [5.74, 6) is 1.20. The molecular formula is C13H29NOS. The quantitative estimate of drug-likeness (QED) is 0.675. The smallest absolute Gasteiger partial charge is 0.0623 e. The summed E-state index contributed by atoms with van der Waals surface area (Å²) in [7, 11) is 1.80. The fourth-order valence-corrected chi connectivity index (χ4v) is 2.37. The van der Waals surface area contributed by atoms with E-state index in [0.29, 0.717) is 6.04 Å². The molecule has 0 aromatic rings. The molecule has 0 heterocycles. The first-order chi connectivity index (χ1) is 7.41. The van der Waals surface area contributed by atoms with Crippen molar-refractivity contribution in [3.63, 3.8) is 0 Å². The lowest BCUT2D eigenvalue weighted by molar-refractivity contribution is 0.0122. The molecule has 1 unspecified atom stereocenters. The van der Waals surface area contributed by atoms with Crippen molar-refractivity contribution >= 4 is 11.8 Å². The van der Waals surface area contributed by atoms with Crippen molar-refractivity contribution in [1.82, 2.24) is 5.32 Å². The summed E-state index contributed by atoms with van der Waals surface area (Å²) >= 11 is 2.03. The third kappa shape index (κ3) is 8.43. The zero-order chi connectivity index (χ0) is 12.6. The maximum absolute atomic E-state index is 5.46. The molecule has 0 radical (unpaired) electrons. The standard InChI is InChI=1S/C13H29NOS/c1-7-14-12(10-16-11(2)3)8-9-13(4,5)15-6/h11-12,14H,7-10H2,1-6H3. The highest BCUT2D eigenvalue weighted by molar-refractivity contribution is 7.99. The third-order valence-corrected chi connectivity index (χ3v) is 4.03. The number of ether oxygens (including phenoxy) is 1. The number of rotatable bonds is 9. The molecule has 0 bridgehead atoms. The molecule has 0 aromatic carbocycles. The molecule has 0 amide bonds. The molecule has 0 fully saturated rings. The van der Waals surface area contributed by atoms with Crippen LogP contribution in [0, 0.1) is 0 Å². The van der Waals surface area contributed by atoms with E-state index in [9.17, 15) is 0 Å². The van der Waals surface area contributed by atoms with Gasteiger partial charge in [0.2, 0.25) is 0 Å². The van der Waals surface area contributed by atoms with Gasteiger partial charge in [0.25, 0.3) is 0 Å². The fraction of sp³-hybridized carbons (Fsp3) is 1.00. The first-order valence-electron chi connectivity index (χ1n) is 6.31. The zero-order valence-electron chi connectivity index (χ0n) is 11.8. The molecule has 0 aromatic heterocycles. The Labute approximate surface area is 106 Å². The molecule has 0 saturated carbocycles. The summed E-state index contributed by atoms with van der Waals surface area (Å²) in [4.78, 5) is 0. The van der Waals surface area contributed by atoms with Crippen LogP contribution < -0.4 is 5.32 Å². The van der Waals surface area contributed by atoms with E-state index in [1.54, 1.807) is 7.11 Å². The molecule has 16 heavy (non-hydrogen) atoms.